The molecule has 30 heavy (non-hydrogen) atoms. The second-order valence-corrected chi connectivity index (χ2v) is 6.78. The van der Waals surface area contributed by atoms with E-state index in [1.165, 1.54) is 17.0 Å². The van der Waals surface area contributed by atoms with Crippen molar-refractivity contribution < 1.29 is 9.18 Å². The van der Waals surface area contributed by atoms with Crippen LogP contribution in [0.15, 0.2) is 48.5 Å². The Morgan fingerprint density at radius 1 is 0.900 bits per heavy atom. The molecule has 0 unspecified atom stereocenters. The summed E-state index contributed by atoms with van der Waals surface area (Å²) in [5, 5.41) is 26.6. The molecule has 0 saturated heterocycles. The fourth-order valence-electron chi connectivity index (χ4n) is 3.03. The summed E-state index contributed by atoms with van der Waals surface area (Å²) >= 11 is 0. The smallest absolute Gasteiger partial charge is 0.236 e. The first kappa shape index (κ1) is 22.6. The number of amides is 1. The third-order valence-corrected chi connectivity index (χ3v) is 4.48. The Bertz CT molecular complexity index is 951. The standard InChI is InChI=1S/C23H22FN5O/c24-22-5-1-4-21(14-22)17-28(16-20-8-6-19(15-27)7-9-20)18-23(30)29(12-2-10-25)13-3-11-26/h1,4-9,14H,2-3,12-13,16-18H2. The SMILES string of the molecule is N#CCCN(CCC#N)C(=O)CN(Cc1ccc(C#N)cc1)Cc1cccc(F)c1. The lowest BCUT2D eigenvalue weighted by Gasteiger charge is -2.27. The summed E-state index contributed by atoms with van der Waals surface area (Å²) in [7, 11) is 0. The van der Waals surface area contributed by atoms with Crippen LogP contribution in [0.5, 0.6) is 0 Å². The van der Waals surface area contributed by atoms with Crippen LogP contribution in [0, 0.1) is 39.8 Å². The Morgan fingerprint density at radius 3 is 2.10 bits per heavy atom. The third kappa shape index (κ3) is 7.36. The molecule has 152 valence electrons. The van der Waals surface area contributed by atoms with Crippen LogP contribution in [0.4, 0.5) is 4.39 Å². The Morgan fingerprint density at radius 2 is 1.53 bits per heavy atom. The van der Waals surface area contributed by atoms with Crippen LogP contribution >= 0.6 is 0 Å². The molecule has 0 aliphatic rings. The second-order valence-electron chi connectivity index (χ2n) is 6.78. The van der Waals surface area contributed by atoms with Gasteiger partial charge in [0.25, 0.3) is 0 Å². The average Bonchev–Trinajstić information content (AvgIpc) is 2.74. The molecule has 2 aromatic carbocycles. The van der Waals surface area contributed by atoms with E-state index in [0.29, 0.717) is 18.7 Å². The van der Waals surface area contributed by atoms with Gasteiger partial charge in [-0.3, -0.25) is 9.69 Å². The van der Waals surface area contributed by atoms with E-state index in [2.05, 4.69) is 6.07 Å². The number of nitriles is 3. The molecule has 2 aromatic rings. The lowest BCUT2D eigenvalue weighted by molar-refractivity contribution is -0.132. The van der Waals surface area contributed by atoms with Crippen molar-refractivity contribution in [1.82, 2.24) is 9.80 Å². The van der Waals surface area contributed by atoms with Crippen LogP contribution in [0.3, 0.4) is 0 Å². The molecular weight excluding hydrogens is 381 g/mol. The molecule has 0 radical (unpaired) electrons. The Hall–Kier alpha value is -3.73. The van der Waals surface area contributed by atoms with Crippen LogP contribution in [-0.2, 0) is 17.9 Å². The van der Waals surface area contributed by atoms with Gasteiger partial charge in [0.1, 0.15) is 5.82 Å². The van der Waals surface area contributed by atoms with Crippen LogP contribution in [-0.4, -0.2) is 35.3 Å². The zero-order valence-electron chi connectivity index (χ0n) is 16.6. The first-order valence-corrected chi connectivity index (χ1v) is 9.53. The number of carbonyl (C=O) groups excluding carboxylic acids is 1. The van der Waals surface area contributed by atoms with Crippen molar-refractivity contribution in [2.24, 2.45) is 0 Å². The summed E-state index contributed by atoms with van der Waals surface area (Å²) in [6.07, 6.45) is 0.382. The van der Waals surface area contributed by atoms with Crippen LogP contribution in [0.2, 0.25) is 0 Å². The summed E-state index contributed by atoms with van der Waals surface area (Å²) in [6, 6.07) is 19.4. The van der Waals surface area contributed by atoms with Gasteiger partial charge >= 0.3 is 0 Å². The van der Waals surface area contributed by atoms with E-state index in [4.69, 9.17) is 15.8 Å². The van der Waals surface area contributed by atoms with E-state index in [0.717, 1.165) is 11.1 Å². The van der Waals surface area contributed by atoms with Crippen molar-refractivity contribution in [3.63, 3.8) is 0 Å². The second kappa shape index (κ2) is 12.0. The van der Waals surface area contributed by atoms with E-state index in [1.807, 2.05) is 29.2 Å². The summed E-state index contributed by atoms with van der Waals surface area (Å²) < 4.78 is 13.6. The number of nitrogens with zero attached hydrogens (tertiary/aromatic N) is 5. The molecule has 1 amide bonds. The number of hydrogen-bond donors (Lipinski definition) is 0. The lowest BCUT2D eigenvalue weighted by Crippen LogP contribution is -2.41. The molecule has 0 aromatic heterocycles. The summed E-state index contributed by atoms with van der Waals surface area (Å²) in [5.41, 5.74) is 2.20. The van der Waals surface area contributed by atoms with Gasteiger partial charge in [-0.15, -0.1) is 0 Å². The van der Waals surface area contributed by atoms with Gasteiger partial charge < -0.3 is 4.90 Å². The number of rotatable bonds is 10. The van der Waals surface area contributed by atoms with Crippen molar-refractivity contribution in [2.75, 3.05) is 19.6 Å². The third-order valence-electron chi connectivity index (χ3n) is 4.48. The van der Waals surface area contributed by atoms with Crippen molar-refractivity contribution in [1.29, 1.82) is 15.8 Å². The first-order valence-electron chi connectivity index (χ1n) is 9.53. The zero-order chi connectivity index (χ0) is 21.8. The van der Waals surface area contributed by atoms with Crippen molar-refractivity contribution in [2.45, 2.75) is 25.9 Å². The number of hydrogen-bond acceptors (Lipinski definition) is 5. The minimum atomic E-state index is -0.346. The highest BCUT2D eigenvalue weighted by Gasteiger charge is 2.18. The predicted octanol–water partition coefficient (Wildman–Crippen LogP) is 3.36. The maximum atomic E-state index is 13.6. The van der Waals surface area contributed by atoms with Gasteiger partial charge in [0.2, 0.25) is 5.91 Å². The fraction of sp³-hybridized carbons (Fsp3) is 0.304. The molecule has 0 saturated carbocycles. The highest BCUT2D eigenvalue weighted by molar-refractivity contribution is 5.78. The number of halogens is 1. The summed E-state index contributed by atoms with van der Waals surface area (Å²) in [6.45, 7) is 1.38. The van der Waals surface area contributed by atoms with Gasteiger partial charge in [0.05, 0.1) is 43.2 Å². The minimum absolute atomic E-state index is 0.0629. The van der Waals surface area contributed by atoms with Crippen molar-refractivity contribution >= 4 is 5.91 Å². The lowest BCUT2D eigenvalue weighted by atomic mass is 10.1. The first-order chi connectivity index (χ1) is 14.5. The molecular formula is C23H22FN5O. The average molecular weight is 403 g/mol. The van der Waals surface area contributed by atoms with Crippen LogP contribution < -0.4 is 0 Å². The van der Waals surface area contributed by atoms with Gasteiger partial charge in [-0.25, -0.2) is 4.39 Å². The quantitative estimate of drug-likeness (QED) is 0.606. The topological polar surface area (TPSA) is 94.9 Å². The Kier molecular flexibility index (Phi) is 9.00. The van der Waals surface area contributed by atoms with Gasteiger partial charge in [0, 0.05) is 26.2 Å². The molecule has 0 N–H and O–H groups in total. The zero-order valence-corrected chi connectivity index (χ0v) is 16.6. The van der Waals surface area contributed by atoms with Gasteiger partial charge in [-0.1, -0.05) is 24.3 Å². The van der Waals surface area contributed by atoms with E-state index < -0.39 is 0 Å². The molecule has 6 nitrogen and oxygen atoms in total. The predicted molar refractivity (Wildman–Crippen MR) is 109 cm³/mol. The Labute approximate surface area is 176 Å². The monoisotopic (exact) mass is 403 g/mol. The number of carbonyl (C=O) groups is 1. The molecule has 0 fully saturated rings. The van der Waals surface area contributed by atoms with Gasteiger partial charge in [-0.05, 0) is 35.4 Å². The van der Waals surface area contributed by atoms with Gasteiger partial charge in [-0.2, -0.15) is 15.8 Å². The Balaban J connectivity index is 2.17. The van der Waals surface area contributed by atoms with E-state index >= 15 is 0 Å². The highest BCUT2D eigenvalue weighted by atomic mass is 19.1. The number of benzene rings is 2. The summed E-state index contributed by atoms with van der Waals surface area (Å²) in [4.78, 5) is 16.3. The molecule has 0 heterocycles. The molecule has 7 heteroatoms. The summed E-state index contributed by atoms with van der Waals surface area (Å²) in [5.74, 6) is -0.535. The molecule has 0 atom stereocenters. The van der Waals surface area contributed by atoms with E-state index in [9.17, 15) is 9.18 Å². The van der Waals surface area contributed by atoms with Crippen LogP contribution in [0.25, 0.3) is 0 Å². The van der Waals surface area contributed by atoms with E-state index in [-0.39, 0.29) is 44.2 Å². The molecule has 2 rings (SSSR count). The fourth-order valence-corrected chi connectivity index (χ4v) is 3.03. The largest absolute Gasteiger partial charge is 0.340 e. The minimum Gasteiger partial charge on any atom is -0.340 e. The maximum Gasteiger partial charge on any atom is 0.236 e. The maximum absolute atomic E-state index is 13.6. The highest BCUT2D eigenvalue weighted by Crippen LogP contribution is 2.13. The van der Waals surface area contributed by atoms with Gasteiger partial charge in [0.15, 0.2) is 0 Å². The molecule has 0 spiro atoms. The van der Waals surface area contributed by atoms with E-state index in [1.54, 1.807) is 24.3 Å². The molecule has 0 aliphatic heterocycles. The normalized spacial score (nSPS) is 10.1. The van der Waals surface area contributed by atoms with Crippen molar-refractivity contribution in [3.8, 4) is 18.2 Å². The van der Waals surface area contributed by atoms with Crippen LogP contribution in [0.1, 0.15) is 29.5 Å². The van der Waals surface area contributed by atoms with Crippen molar-refractivity contribution in [3.05, 3.63) is 71.0 Å². The molecule has 0 bridgehead atoms. The molecule has 0 aliphatic carbocycles.